The van der Waals surface area contributed by atoms with Gasteiger partial charge in [0.2, 0.25) is 0 Å². The molecule has 1 heterocycles. The standard InChI is InChI=1S/C14H23N3OS.HI/c1-14(18,12-7-4-8-19-12)10-17-13(15-2)16-9-11-5-3-6-11;/h4,7-8,11,18H,3,5-6,9-10H2,1-2H3,(H2,15,16,17);1H. The van der Waals surface area contributed by atoms with Gasteiger partial charge in [-0.3, -0.25) is 4.99 Å². The summed E-state index contributed by atoms with van der Waals surface area (Å²) < 4.78 is 0. The van der Waals surface area contributed by atoms with Crippen LogP contribution in [0.4, 0.5) is 0 Å². The molecule has 0 aliphatic heterocycles. The van der Waals surface area contributed by atoms with Gasteiger partial charge in [-0.15, -0.1) is 35.3 Å². The molecule has 20 heavy (non-hydrogen) atoms. The number of rotatable bonds is 5. The second-order valence-electron chi connectivity index (χ2n) is 5.35. The van der Waals surface area contributed by atoms with Gasteiger partial charge >= 0.3 is 0 Å². The molecule has 0 aromatic carbocycles. The van der Waals surface area contributed by atoms with Gasteiger partial charge in [0.1, 0.15) is 5.60 Å². The highest BCUT2D eigenvalue weighted by Crippen LogP contribution is 2.25. The third kappa shape index (κ3) is 4.89. The van der Waals surface area contributed by atoms with E-state index in [0.717, 1.165) is 23.3 Å². The van der Waals surface area contributed by atoms with Crippen molar-refractivity contribution in [2.75, 3.05) is 20.1 Å². The van der Waals surface area contributed by atoms with E-state index in [1.54, 1.807) is 18.4 Å². The van der Waals surface area contributed by atoms with E-state index in [9.17, 15) is 5.11 Å². The van der Waals surface area contributed by atoms with Gasteiger partial charge < -0.3 is 15.7 Å². The molecule has 1 aromatic rings. The lowest BCUT2D eigenvalue weighted by Gasteiger charge is -2.27. The van der Waals surface area contributed by atoms with Crippen LogP contribution in [-0.2, 0) is 5.60 Å². The van der Waals surface area contributed by atoms with E-state index in [-0.39, 0.29) is 24.0 Å². The summed E-state index contributed by atoms with van der Waals surface area (Å²) in [6.45, 7) is 3.25. The second-order valence-corrected chi connectivity index (χ2v) is 6.30. The first kappa shape index (κ1) is 17.7. The first-order valence-corrected chi connectivity index (χ1v) is 7.70. The van der Waals surface area contributed by atoms with Gasteiger partial charge in [-0.05, 0) is 37.1 Å². The van der Waals surface area contributed by atoms with Crippen LogP contribution in [0.1, 0.15) is 31.1 Å². The molecular formula is C14H24IN3OS. The molecular weight excluding hydrogens is 385 g/mol. The van der Waals surface area contributed by atoms with Crippen molar-refractivity contribution >= 4 is 41.3 Å². The van der Waals surface area contributed by atoms with Crippen LogP contribution in [0.2, 0.25) is 0 Å². The molecule has 1 saturated carbocycles. The maximum Gasteiger partial charge on any atom is 0.191 e. The van der Waals surface area contributed by atoms with Crippen molar-refractivity contribution < 1.29 is 5.11 Å². The Morgan fingerprint density at radius 1 is 1.50 bits per heavy atom. The van der Waals surface area contributed by atoms with Crippen molar-refractivity contribution in [1.29, 1.82) is 0 Å². The number of nitrogens with one attached hydrogen (secondary N) is 2. The Kier molecular flexibility index (Phi) is 7.25. The highest BCUT2D eigenvalue weighted by atomic mass is 127. The molecule has 4 nitrogen and oxygen atoms in total. The Morgan fingerprint density at radius 2 is 2.25 bits per heavy atom. The van der Waals surface area contributed by atoms with Crippen molar-refractivity contribution in [2.45, 2.75) is 31.8 Å². The zero-order valence-electron chi connectivity index (χ0n) is 12.1. The smallest absolute Gasteiger partial charge is 0.191 e. The molecule has 114 valence electrons. The van der Waals surface area contributed by atoms with Crippen LogP contribution in [0.5, 0.6) is 0 Å². The minimum Gasteiger partial charge on any atom is -0.383 e. The summed E-state index contributed by atoms with van der Waals surface area (Å²) >= 11 is 1.57. The van der Waals surface area contributed by atoms with Crippen LogP contribution in [0.25, 0.3) is 0 Å². The van der Waals surface area contributed by atoms with Crippen molar-refractivity contribution in [3.05, 3.63) is 22.4 Å². The lowest BCUT2D eigenvalue weighted by molar-refractivity contribution is 0.0655. The second kappa shape index (κ2) is 8.19. The third-order valence-electron chi connectivity index (χ3n) is 3.66. The fraction of sp³-hybridized carbons (Fsp3) is 0.643. The molecule has 0 saturated heterocycles. The minimum atomic E-state index is -0.859. The van der Waals surface area contributed by atoms with Gasteiger partial charge in [0.25, 0.3) is 0 Å². The Labute approximate surface area is 142 Å². The molecule has 3 N–H and O–H groups in total. The van der Waals surface area contributed by atoms with E-state index in [1.165, 1.54) is 19.3 Å². The number of aliphatic imine (C=N–C) groups is 1. The number of nitrogens with zero attached hydrogens (tertiary/aromatic N) is 1. The Balaban J connectivity index is 0.00000200. The minimum absolute atomic E-state index is 0. The Bertz CT molecular complexity index is 416. The van der Waals surface area contributed by atoms with Gasteiger partial charge in [-0.1, -0.05) is 12.5 Å². The van der Waals surface area contributed by atoms with Crippen LogP contribution in [0.15, 0.2) is 22.5 Å². The number of guanidine groups is 1. The molecule has 1 aliphatic carbocycles. The summed E-state index contributed by atoms with van der Waals surface area (Å²) in [6.07, 6.45) is 3.99. The normalized spacial score (nSPS) is 18.6. The van der Waals surface area contributed by atoms with Crippen LogP contribution >= 0.6 is 35.3 Å². The molecule has 2 rings (SSSR count). The number of aliphatic hydroxyl groups is 1. The fourth-order valence-corrected chi connectivity index (χ4v) is 2.87. The molecule has 1 fully saturated rings. The monoisotopic (exact) mass is 409 g/mol. The number of thiophene rings is 1. The summed E-state index contributed by atoms with van der Waals surface area (Å²) in [5.41, 5.74) is -0.859. The predicted molar refractivity (Wildman–Crippen MR) is 96.0 cm³/mol. The first-order chi connectivity index (χ1) is 9.12. The quantitative estimate of drug-likeness (QED) is 0.398. The van der Waals surface area contributed by atoms with Crippen LogP contribution in [0.3, 0.4) is 0 Å². The van der Waals surface area contributed by atoms with Crippen LogP contribution < -0.4 is 10.6 Å². The molecule has 6 heteroatoms. The van der Waals surface area contributed by atoms with E-state index < -0.39 is 5.60 Å². The molecule has 1 atom stereocenters. The van der Waals surface area contributed by atoms with Gasteiger partial charge in [0.05, 0.1) is 6.54 Å². The van der Waals surface area contributed by atoms with Crippen molar-refractivity contribution in [1.82, 2.24) is 10.6 Å². The average molecular weight is 409 g/mol. The maximum absolute atomic E-state index is 10.4. The lowest BCUT2D eigenvalue weighted by Crippen LogP contribution is -2.46. The summed E-state index contributed by atoms with van der Waals surface area (Å²) in [5, 5.41) is 18.9. The third-order valence-corrected chi connectivity index (χ3v) is 4.78. The molecule has 0 amide bonds. The average Bonchev–Trinajstić information content (AvgIpc) is 2.85. The van der Waals surface area contributed by atoms with Crippen LogP contribution in [-0.4, -0.2) is 31.2 Å². The lowest BCUT2D eigenvalue weighted by atomic mass is 9.85. The highest BCUT2D eigenvalue weighted by Gasteiger charge is 2.24. The Hall–Kier alpha value is -0.340. The zero-order chi connectivity index (χ0) is 13.7. The van der Waals surface area contributed by atoms with E-state index >= 15 is 0 Å². The summed E-state index contributed by atoms with van der Waals surface area (Å²) in [7, 11) is 1.76. The van der Waals surface area contributed by atoms with E-state index in [1.807, 2.05) is 24.4 Å². The summed E-state index contributed by atoms with van der Waals surface area (Å²) in [4.78, 5) is 5.16. The molecule has 1 unspecified atom stereocenters. The van der Waals surface area contributed by atoms with Crippen LogP contribution in [0, 0.1) is 5.92 Å². The molecule has 1 aliphatic rings. The first-order valence-electron chi connectivity index (χ1n) is 6.83. The van der Waals surface area contributed by atoms with Gasteiger partial charge in [0.15, 0.2) is 5.96 Å². The predicted octanol–water partition coefficient (Wildman–Crippen LogP) is 2.54. The topological polar surface area (TPSA) is 56.7 Å². The van der Waals surface area contributed by atoms with Gasteiger partial charge in [0, 0.05) is 18.5 Å². The molecule has 0 spiro atoms. The SMILES string of the molecule is CN=C(NCC1CCC1)NCC(C)(O)c1cccs1.I. The van der Waals surface area contributed by atoms with Gasteiger partial charge in [-0.2, -0.15) is 0 Å². The maximum atomic E-state index is 10.4. The fourth-order valence-electron chi connectivity index (χ4n) is 2.09. The number of hydrogen-bond acceptors (Lipinski definition) is 3. The van der Waals surface area contributed by atoms with E-state index in [2.05, 4.69) is 15.6 Å². The Morgan fingerprint density at radius 3 is 2.75 bits per heavy atom. The molecule has 0 radical (unpaired) electrons. The summed E-state index contributed by atoms with van der Waals surface area (Å²) in [5.74, 6) is 1.56. The number of hydrogen-bond donors (Lipinski definition) is 3. The number of halogens is 1. The largest absolute Gasteiger partial charge is 0.383 e. The molecule has 1 aromatic heterocycles. The van der Waals surface area contributed by atoms with E-state index in [0.29, 0.717) is 6.54 Å². The van der Waals surface area contributed by atoms with Crippen molar-refractivity contribution in [2.24, 2.45) is 10.9 Å². The highest BCUT2D eigenvalue weighted by molar-refractivity contribution is 14.0. The van der Waals surface area contributed by atoms with Crippen molar-refractivity contribution in [3.8, 4) is 0 Å². The van der Waals surface area contributed by atoms with Gasteiger partial charge in [-0.25, -0.2) is 0 Å². The zero-order valence-corrected chi connectivity index (χ0v) is 15.2. The van der Waals surface area contributed by atoms with Crippen molar-refractivity contribution in [3.63, 3.8) is 0 Å². The molecule has 0 bridgehead atoms. The summed E-state index contributed by atoms with van der Waals surface area (Å²) in [6, 6.07) is 3.91. The van der Waals surface area contributed by atoms with E-state index in [4.69, 9.17) is 0 Å².